The molecule has 0 bridgehead atoms. The van der Waals surface area contributed by atoms with Gasteiger partial charge in [0.25, 0.3) is 5.69 Å². The number of hydrogen-bond acceptors (Lipinski definition) is 4. The lowest BCUT2D eigenvalue weighted by Crippen LogP contribution is -2.39. The van der Waals surface area contributed by atoms with Crippen molar-refractivity contribution in [3.63, 3.8) is 0 Å². The van der Waals surface area contributed by atoms with Gasteiger partial charge in [-0.25, -0.2) is 0 Å². The number of piperidine rings is 1. The van der Waals surface area contributed by atoms with Gasteiger partial charge in [-0.05, 0) is 25.5 Å². The first kappa shape index (κ1) is 15.6. The molecule has 0 aromatic heterocycles. The van der Waals surface area contributed by atoms with Gasteiger partial charge in [0.05, 0.1) is 10.5 Å². The van der Waals surface area contributed by atoms with E-state index in [-0.39, 0.29) is 11.7 Å². The fourth-order valence-corrected chi connectivity index (χ4v) is 2.37. The molecule has 0 spiro atoms. The molecular weight excluding hydrogens is 287 g/mol. The monoisotopic (exact) mass is 303 g/mol. The molecule has 2 rings (SSSR count). The minimum Gasteiger partial charge on any atom is -0.383 e. The van der Waals surface area contributed by atoms with Crippen LogP contribution in [0.3, 0.4) is 0 Å². The molecule has 8 heteroatoms. The van der Waals surface area contributed by atoms with E-state index < -0.39 is 22.4 Å². The predicted octanol–water partition coefficient (Wildman–Crippen LogP) is 3.17. The summed E-state index contributed by atoms with van der Waals surface area (Å²) in [6, 6.07) is 2.88. The molecule has 116 valence electrons. The zero-order valence-electron chi connectivity index (χ0n) is 11.2. The molecule has 1 unspecified atom stereocenters. The molecule has 1 aliphatic heterocycles. The number of nitro benzene ring substituents is 1. The van der Waals surface area contributed by atoms with Gasteiger partial charge in [-0.15, -0.1) is 0 Å². The molecule has 0 saturated carbocycles. The van der Waals surface area contributed by atoms with Crippen LogP contribution in [0.4, 0.5) is 24.5 Å². The minimum absolute atomic E-state index is 0.120. The second kappa shape index (κ2) is 6.30. The molecule has 1 atom stereocenters. The van der Waals surface area contributed by atoms with E-state index >= 15 is 0 Å². The van der Waals surface area contributed by atoms with E-state index in [0.29, 0.717) is 12.6 Å². The van der Waals surface area contributed by atoms with Gasteiger partial charge in [-0.2, -0.15) is 13.2 Å². The van der Waals surface area contributed by atoms with E-state index in [4.69, 9.17) is 0 Å². The highest BCUT2D eigenvalue weighted by molar-refractivity contribution is 5.57. The van der Waals surface area contributed by atoms with Crippen LogP contribution < -0.4 is 10.6 Å². The number of anilines is 1. The lowest BCUT2D eigenvalue weighted by Gasteiger charge is -2.25. The van der Waals surface area contributed by atoms with Crippen molar-refractivity contribution in [3.05, 3.63) is 33.9 Å². The van der Waals surface area contributed by atoms with Crippen molar-refractivity contribution < 1.29 is 18.1 Å². The van der Waals surface area contributed by atoms with Crippen LogP contribution in [0, 0.1) is 10.1 Å². The van der Waals surface area contributed by atoms with Crippen LogP contribution in [0.15, 0.2) is 18.2 Å². The van der Waals surface area contributed by atoms with Crippen molar-refractivity contribution in [1.29, 1.82) is 0 Å². The summed E-state index contributed by atoms with van der Waals surface area (Å²) >= 11 is 0. The van der Waals surface area contributed by atoms with Crippen LogP contribution in [-0.2, 0) is 6.18 Å². The van der Waals surface area contributed by atoms with Crippen molar-refractivity contribution in [2.75, 3.05) is 18.4 Å². The van der Waals surface area contributed by atoms with Gasteiger partial charge in [0.1, 0.15) is 0 Å². The normalized spacial score (nSPS) is 19.3. The summed E-state index contributed by atoms with van der Waals surface area (Å²) in [6.07, 6.45) is -1.61. The van der Waals surface area contributed by atoms with Crippen molar-refractivity contribution in [3.8, 4) is 0 Å². The summed E-state index contributed by atoms with van der Waals surface area (Å²) in [5.74, 6) is 0. The zero-order chi connectivity index (χ0) is 15.5. The SMILES string of the molecule is O=[N+]([O-])c1ccc(NCC2CCCCN2)c(C(F)(F)F)c1. The van der Waals surface area contributed by atoms with Crippen LogP contribution in [0.1, 0.15) is 24.8 Å². The van der Waals surface area contributed by atoms with E-state index in [9.17, 15) is 23.3 Å². The maximum atomic E-state index is 13.0. The van der Waals surface area contributed by atoms with Crippen LogP contribution in [-0.4, -0.2) is 24.1 Å². The molecule has 1 aliphatic rings. The topological polar surface area (TPSA) is 67.2 Å². The first-order valence-corrected chi connectivity index (χ1v) is 6.71. The van der Waals surface area contributed by atoms with Crippen molar-refractivity contribution in [1.82, 2.24) is 5.32 Å². The first-order valence-electron chi connectivity index (χ1n) is 6.71. The van der Waals surface area contributed by atoms with E-state index in [1.165, 1.54) is 0 Å². The van der Waals surface area contributed by atoms with Crippen LogP contribution in [0.25, 0.3) is 0 Å². The van der Waals surface area contributed by atoms with E-state index in [2.05, 4.69) is 10.6 Å². The Morgan fingerprint density at radius 2 is 2.14 bits per heavy atom. The number of nitrogens with zero attached hydrogens (tertiary/aromatic N) is 1. The van der Waals surface area contributed by atoms with E-state index in [1.807, 2.05) is 0 Å². The fraction of sp³-hybridized carbons (Fsp3) is 0.538. The number of rotatable bonds is 4. The third-order valence-electron chi connectivity index (χ3n) is 3.47. The Hall–Kier alpha value is -1.83. The summed E-state index contributed by atoms with van der Waals surface area (Å²) in [5, 5.41) is 16.6. The molecule has 1 aromatic rings. The first-order chi connectivity index (χ1) is 9.88. The molecule has 0 radical (unpaired) electrons. The number of nitrogens with one attached hydrogen (secondary N) is 2. The minimum atomic E-state index is -4.63. The van der Waals surface area contributed by atoms with Gasteiger partial charge < -0.3 is 10.6 Å². The molecule has 1 aromatic carbocycles. The molecule has 5 nitrogen and oxygen atoms in total. The average molecular weight is 303 g/mol. The number of alkyl halides is 3. The lowest BCUT2D eigenvalue weighted by molar-refractivity contribution is -0.385. The molecule has 2 N–H and O–H groups in total. The summed E-state index contributed by atoms with van der Waals surface area (Å²) in [5.41, 5.74) is -1.70. The van der Waals surface area contributed by atoms with Crippen LogP contribution in [0.5, 0.6) is 0 Å². The Bertz CT molecular complexity index is 514. The maximum Gasteiger partial charge on any atom is 0.418 e. The predicted molar refractivity (Wildman–Crippen MR) is 72.2 cm³/mol. The van der Waals surface area contributed by atoms with Gasteiger partial charge in [0, 0.05) is 30.4 Å². The van der Waals surface area contributed by atoms with Crippen molar-refractivity contribution >= 4 is 11.4 Å². The molecule has 0 aliphatic carbocycles. The van der Waals surface area contributed by atoms with Crippen molar-refractivity contribution in [2.24, 2.45) is 0 Å². The highest BCUT2D eigenvalue weighted by atomic mass is 19.4. The highest BCUT2D eigenvalue weighted by Crippen LogP contribution is 2.37. The maximum absolute atomic E-state index is 13.0. The second-order valence-corrected chi connectivity index (χ2v) is 5.01. The van der Waals surface area contributed by atoms with Crippen LogP contribution in [0.2, 0.25) is 0 Å². The number of nitro groups is 1. The molecule has 1 saturated heterocycles. The number of halogens is 3. The Morgan fingerprint density at radius 1 is 1.38 bits per heavy atom. The quantitative estimate of drug-likeness (QED) is 0.662. The van der Waals surface area contributed by atoms with Gasteiger partial charge in [0.15, 0.2) is 0 Å². The summed E-state index contributed by atoms with van der Waals surface area (Å²) in [4.78, 5) is 9.77. The Kier molecular flexibility index (Phi) is 4.66. The fourth-order valence-electron chi connectivity index (χ4n) is 2.37. The summed E-state index contributed by atoms with van der Waals surface area (Å²) in [6.45, 7) is 1.22. The third kappa shape index (κ3) is 4.07. The number of benzene rings is 1. The van der Waals surface area contributed by atoms with Crippen molar-refractivity contribution in [2.45, 2.75) is 31.5 Å². The largest absolute Gasteiger partial charge is 0.418 e. The average Bonchev–Trinajstić information content (AvgIpc) is 2.45. The molecule has 1 fully saturated rings. The Morgan fingerprint density at radius 3 is 2.71 bits per heavy atom. The molecule has 1 heterocycles. The van der Waals surface area contributed by atoms with Gasteiger partial charge in [0.2, 0.25) is 0 Å². The van der Waals surface area contributed by atoms with Gasteiger partial charge in [-0.3, -0.25) is 10.1 Å². The Balaban J connectivity index is 2.15. The smallest absolute Gasteiger partial charge is 0.383 e. The number of hydrogen-bond donors (Lipinski definition) is 2. The van der Waals surface area contributed by atoms with Crippen LogP contribution >= 0.6 is 0 Å². The third-order valence-corrected chi connectivity index (χ3v) is 3.47. The molecule has 0 amide bonds. The summed E-state index contributed by atoms with van der Waals surface area (Å²) in [7, 11) is 0. The second-order valence-electron chi connectivity index (χ2n) is 5.01. The lowest BCUT2D eigenvalue weighted by atomic mass is 10.0. The van der Waals surface area contributed by atoms with E-state index in [1.54, 1.807) is 0 Å². The summed E-state index contributed by atoms with van der Waals surface area (Å²) < 4.78 is 38.9. The van der Waals surface area contributed by atoms with Gasteiger partial charge in [-0.1, -0.05) is 6.42 Å². The number of non-ortho nitro benzene ring substituents is 1. The molecule has 21 heavy (non-hydrogen) atoms. The zero-order valence-corrected chi connectivity index (χ0v) is 11.2. The van der Waals surface area contributed by atoms with E-state index in [0.717, 1.165) is 37.9 Å². The highest BCUT2D eigenvalue weighted by Gasteiger charge is 2.35. The standard InChI is InChI=1S/C13H16F3N3O2/c14-13(15,16)11-7-10(19(20)21)4-5-12(11)18-8-9-3-1-2-6-17-9/h4-5,7,9,17-18H,1-3,6,8H2. The van der Waals surface area contributed by atoms with Gasteiger partial charge >= 0.3 is 6.18 Å². The Labute approximate surface area is 119 Å². The molecular formula is C13H16F3N3O2.